The third kappa shape index (κ3) is 4.92. The molecule has 0 unspecified atom stereocenters. The molecule has 6 heteroatoms. The number of halogens is 2. The van der Waals surface area contributed by atoms with Gasteiger partial charge in [-0.1, -0.05) is 35.3 Å². The second-order valence-corrected chi connectivity index (χ2v) is 9.19. The van der Waals surface area contributed by atoms with Crippen LogP contribution in [0, 0.1) is 11.3 Å². The number of rotatable bonds is 4. The van der Waals surface area contributed by atoms with Crippen LogP contribution in [0.25, 0.3) is 0 Å². The zero-order valence-electron chi connectivity index (χ0n) is 17.2. The normalized spacial score (nSPS) is 23.3. The molecular formula is C24H27Cl2N3O. The van der Waals surface area contributed by atoms with Crippen LogP contribution in [0.1, 0.15) is 30.9 Å². The lowest BCUT2D eigenvalue weighted by Crippen LogP contribution is -2.56. The van der Waals surface area contributed by atoms with Gasteiger partial charge in [0.05, 0.1) is 24.0 Å². The van der Waals surface area contributed by atoms with Crippen LogP contribution in [-0.4, -0.2) is 49.3 Å². The zero-order valence-corrected chi connectivity index (χ0v) is 18.7. The van der Waals surface area contributed by atoms with Crippen molar-refractivity contribution in [1.29, 1.82) is 5.26 Å². The summed E-state index contributed by atoms with van der Waals surface area (Å²) in [5.41, 5.74) is 2.94. The van der Waals surface area contributed by atoms with Crippen molar-refractivity contribution in [3.63, 3.8) is 0 Å². The second-order valence-electron chi connectivity index (χ2n) is 8.32. The third-order valence-corrected chi connectivity index (χ3v) is 6.74. The van der Waals surface area contributed by atoms with Crippen LogP contribution in [0.4, 0.5) is 5.69 Å². The van der Waals surface area contributed by atoms with Crippen molar-refractivity contribution in [2.75, 3.05) is 31.1 Å². The van der Waals surface area contributed by atoms with E-state index in [2.05, 4.69) is 34.9 Å². The van der Waals surface area contributed by atoms with Gasteiger partial charge in [0.25, 0.3) is 0 Å². The number of morpholine rings is 1. The van der Waals surface area contributed by atoms with Crippen molar-refractivity contribution in [2.24, 2.45) is 0 Å². The fourth-order valence-electron chi connectivity index (χ4n) is 4.69. The van der Waals surface area contributed by atoms with E-state index in [0.717, 1.165) is 56.2 Å². The molecule has 0 amide bonds. The Morgan fingerprint density at radius 3 is 2.47 bits per heavy atom. The monoisotopic (exact) mass is 443 g/mol. The summed E-state index contributed by atoms with van der Waals surface area (Å²) in [7, 11) is 0. The third-order valence-electron chi connectivity index (χ3n) is 6.25. The largest absolute Gasteiger partial charge is 0.376 e. The number of nitriles is 1. The summed E-state index contributed by atoms with van der Waals surface area (Å²) in [4.78, 5) is 4.96. The summed E-state index contributed by atoms with van der Waals surface area (Å²) in [6.45, 7) is 5.74. The van der Waals surface area contributed by atoms with Crippen LogP contribution in [0.15, 0.2) is 42.5 Å². The number of ether oxygens (including phenoxy) is 1. The summed E-state index contributed by atoms with van der Waals surface area (Å²) in [6, 6.07) is 16.9. The van der Waals surface area contributed by atoms with Crippen molar-refractivity contribution >= 4 is 28.9 Å². The van der Waals surface area contributed by atoms with Crippen LogP contribution in [-0.2, 0) is 11.2 Å². The van der Waals surface area contributed by atoms with E-state index in [1.54, 1.807) is 6.07 Å². The van der Waals surface area contributed by atoms with Crippen LogP contribution in [0.2, 0.25) is 10.0 Å². The molecule has 0 bridgehead atoms. The number of hydrogen-bond acceptors (Lipinski definition) is 4. The average molecular weight is 444 g/mol. The minimum absolute atomic E-state index is 0.252. The minimum atomic E-state index is 0.252. The molecule has 2 aliphatic heterocycles. The van der Waals surface area contributed by atoms with Gasteiger partial charge in [0.15, 0.2) is 0 Å². The highest BCUT2D eigenvalue weighted by atomic mass is 35.5. The molecule has 0 aromatic heterocycles. The van der Waals surface area contributed by atoms with Crippen molar-refractivity contribution in [3.8, 4) is 6.07 Å². The Balaban J connectivity index is 1.44. The quantitative estimate of drug-likeness (QED) is 0.653. The van der Waals surface area contributed by atoms with Crippen molar-refractivity contribution in [3.05, 3.63) is 63.6 Å². The van der Waals surface area contributed by atoms with Gasteiger partial charge < -0.3 is 9.64 Å². The van der Waals surface area contributed by atoms with Crippen LogP contribution >= 0.6 is 23.2 Å². The predicted molar refractivity (Wildman–Crippen MR) is 122 cm³/mol. The number of anilines is 1. The zero-order chi connectivity index (χ0) is 21.1. The molecule has 2 fully saturated rings. The van der Waals surface area contributed by atoms with E-state index < -0.39 is 0 Å². The van der Waals surface area contributed by atoms with E-state index in [0.29, 0.717) is 22.7 Å². The standard InChI is InChI=1S/C24H27Cl2N3O/c1-17-15-29(23(16-30-17)12-18-2-5-20(25)6-3-18)22-8-10-28(11-9-22)24-13-21(26)7-4-19(24)14-27/h2-7,13,17,22-23H,8-12,15-16H2,1H3/t17-,23-/m0/s1. The molecule has 2 aliphatic rings. The first-order valence-corrected chi connectivity index (χ1v) is 11.4. The average Bonchev–Trinajstić information content (AvgIpc) is 2.76. The molecule has 0 radical (unpaired) electrons. The first-order chi connectivity index (χ1) is 14.5. The molecule has 158 valence electrons. The highest BCUT2D eigenvalue weighted by molar-refractivity contribution is 6.31. The first kappa shape index (κ1) is 21.5. The molecule has 2 atom stereocenters. The van der Waals surface area contributed by atoms with Gasteiger partial charge in [-0.3, -0.25) is 4.90 Å². The molecule has 2 aromatic carbocycles. The maximum Gasteiger partial charge on any atom is 0.101 e. The minimum Gasteiger partial charge on any atom is -0.376 e. The predicted octanol–water partition coefficient (Wildman–Crippen LogP) is 5.17. The van der Waals surface area contributed by atoms with Gasteiger partial charge >= 0.3 is 0 Å². The topological polar surface area (TPSA) is 39.5 Å². The molecular weight excluding hydrogens is 417 g/mol. The Bertz CT molecular complexity index is 904. The summed E-state index contributed by atoms with van der Waals surface area (Å²) in [5, 5.41) is 10.9. The molecule has 0 saturated carbocycles. The lowest BCUT2D eigenvalue weighted by atomic mass is 9.96. The maximum absolute atomic E-state index is 9.47. The molecule has 4 rings (SSSR count). The molecule has 0 spiro atoms. The van der Waals surface area contributed by atoms with Gasteiger partial charge in [-0.05, 0) is 62.1 Å². The van der Waals surface area contributed by atoms with Gasteiger partial charge in [0.2, 0.25) is 0 Å². The first-order valence-electron chi connectivity index (χ1n) is 10.6. The molecule has 2 heterocycles. The van der Waals surface area contributed by atoms with Gasteiger partial charge in [0, 0.05) is 41.8 Å². The second kappa shape index (κ2) is 9.58. The van der Waals surface area contributed by atoms with Gasteiger partial charge in [-0.25, -0.2) is 0 Å². The lowest BCUT2D eigenvalue weighted by Gasteiger charge is -2.46. The number of hydrogen-bond donors (Lipinski definition) is 0. The summed E-state index contributed by atoms with van der Waals surface area (Å²) in [5.74, 6) is 0. The van der Waals surface area contributed by atoms with E-state index in [-0.39, 0.29) is 6.10 Å². The Kier molecular flexibility index (Phi) is 6.85. The van der Waals surface area contributed by atoms with E-state index in [4.69, 9.17) is 27.9 Å². The van der Waals surface area contributed by atoms with Crippen molar-refractivity contribution in [2.45, 2.75) is 44.4 Å². The SMILES string of the molecule is C[C@H]1CN(C2CCN(c3cc(Cl)ccc3C#N)CC2)[C@@H](Cc2ccc(Cl)cc2)CO1. The van der Waals surface area contributed by atoms with Gasteiger partial charge in [0.1, 0.15) is 6.07 Å². The maximum atomic E-state index is 9.47. The fourth-order valence-corrected chi connectivity index (χ4v) is 4.98. The molecule has 2 aromatic rings. The summed E-state index contributed by atoms with van der Waals surface area (Å²) >= 11 is 12.3. The van der Waals surface area contributed by atoms with Crippen molar-refractivity contribution in [1.82, 2.24) is 4.90 Å². The van der Waals surface area contributed by atoms with Crippen molar-refractivity contribution < 1.29 is 4.74 Å². The number of nitrogens with zero attached hydrogens (tertiary/aromatic N) is 3. The molecule has 0 N–H and O–H groups in total. The van der Waals surface area contributed by atoms with E-state index in [1.165, 1.54) is 5.56 Å². The van der Waals surface area contributed by atoms with Gasteiger partial charge in [-0.15, -0.1) is 0 Å². The highest BCUT2D eigenvalue weighted by Crippen LogP contribution is 2.30. The Hall–Kier alpha value is -1.77. The number of piperidine rings is 1. The molecule has 30 heavy (non-hydrogen) atoms. The molecule has 0 aliphatic carbocycles. The lowest BCUT2D eigenvalue weighted by molar-refractivity contribution is -0.0744. The fraction of sp³-hybridized carbons (Fsp3) is 0.458. The number of benzene rings is 2. The van der Waals surface area contributed by atoms with Gasteiger partial charge in [-0.2, -0.15) is 5.26 Å². The summed E-state index contributed by atoms with van der Waals surface area (Å²) < 4.78 is 6.01. The van der Waals surface area contributed by atoms with Crippen LogP contribution < -0.4 is 4.90 Å². The Labute approximate surface area is 188 Å². The van der Waals surface area contributed by atoms with E-state index in [1.807, 2.05) is 24.3 Å². The highest BCUT2D eigenvalue weighted by Gasteiger charge is 2.34. The van der Waals surface area contributed by atoms with Crippen LogP contribution in [0.3, 0.4) is 0 Å². The van der Waals surface area contributed by atoms with E-state index in [9.17, 15) is 5.26 Å². The summed E-state index contributed by atoms with van der Waals surface area (Å²) in [6.07, 6.45) is 3.36. The smallest absolute Gasteiger partial charge is 0.101 e. The molecule has 2 saturated heterocycles. The Morgan fingerprint density at radius 1 is 1.07 bits per heavy atom. The van der Waals surface area contributed by atoms with E-state index >= 15 is 0 Å². The van der Waals surface area contributed by atoms with Crippen LogP contribution in [0.5, 0.6) is 0 Å². The Morgan fingerprint density at radius 2 is 1.77 bits per heavy atom. The molecule has 4 nitrogen and oxygen atoms in total.